The van der Waals surface area contributed by atoms with Gasteiger partial charge in [-0.2, -0.15) is 0 Å². The second-order valence-corrected chi connectivity index (χ2v) is 6.82. The van der Waals surface area contributed by atoms with Gasteiger partial charge in [0, 0.05) is 17.3 Å². The minimum absolute atomic E-state index is 0.107. The fraction of sp³-hybridized carbons (Fsp3) is 0.647. The molecule has 2 atom stereocenters. The number of benzene rings is 1. The third-order valence-corrected chi connectivity index (χ3v) is 4.41. The summed E-state index contributed by atoms with van der Waals surface area (Å²) in [5.41, 5.74) is 2.44. The quantitative estimate of drug-likeness (QED) is 0.855. The average molecular weight is 261 g/mol. The molecule has 0 bridgehead atoms. The number of hydrogen-bond acceptors (Lipinski definition) is 2. The molecule has 2 nitrogen and oxygen atoms in total. The van der Waals surface area contributed by atoms with Crippen molar-refractivity contribution in [2.75, 3.05) is 5.32 Å². The maximum atomic E-state index is 9.43. The van der Waals surface area contributed by atoms with Gasteiger partial charge in [0.05, 0.1) is 6.61 Å². The monoisotopic (exact) mass is 261 g/mol. The molecule has 1 aromatic carbocycles. The van der Waals surface area contributed by atoms with Gasteiger partial charge >= 0.3 is 0 Å². The number of aliphatic hydroxyl groups excluding tert-OH is 1. The SMILES string of the molecule is CC(C)(C)C1CCCCC1Nc1ccccc1CO. The summed E-state index contributed by atoms with van der Waals surface area (Å²) in [6.07, 6.45) is 5.21. The Kier molecular flexibility index (Phi) is 4.51. The molecule has 0 heterocycles. The molecule has 19 heavy (non-hydrogen) atoms. The lowest BCUT2D eigenvalue weighted by atomic mass is 9.69. The average Bonchev–Trinajstić information content (AvgIpc) is 2.39. The van der Waals surface area contributed by atoms with Crippen molar-refractivity contribution in [1.29, 1.82) is 0 Å². The van der Waals surface area contributed by atoms with E-state index in [9.17, 15) is 5.11 Å². The summed E-state index contributed by atoms with van der Waals surface area (Å²) in [7, 11) is 0. The maximum Gasteiger partial charge on any atom is 0.0701 e. The van der Waals surface area contributed by atoms with Crippen molar-refractivity contribution in [2.45, 2.75) is 59.1 Å². The zero-order chi connectivity index (χ0) is 13.9. The highest BCUT2D eigenvalue weighted by Crippen LogP contribution is 2.39. The largest absolute Gasteiger partial charge is 0.392 e. The van der Waals surface area contributed by atoms with Crippen LogP contribution in [0.4, 0.5) is 5.69 Å². The van der Waals surface area contributed by atoms with Crippen molar-refractivity contribution in [3.05, 3.63) is 29.8 Å². The molecule has 0 saturated heterocycles. The predicted octanol–water partition coefficient (Wildman–Crippen LogP) is 4.20. The molecule has 0 aromatic heterocycles. The summed E-state index contributed by atoms with van der Waals surface area (Å²) in [4.78, 5) is 0. The van der Waals surface area contributed by atoms with E-state index in [0.29, 0.717) is 17.4 Å². The molecule has 0 amide bonds. The van der Waals surface area contributed by atoms with Crippen LogP contribution in [-0.2, 0) is 6.61 Å². The Balaban J connectivity index is 2.15. The van der Waals surface area contributed by atoms with Gasteiger partial charge < -0.3 is 10.4 Å². The van der Waals surface area contributed by atoms with Crippen LogP contribution in [0.25, 0.3) is 0 Å². The molecule has 0 aliphatic heterocycles. The summed E-state index contributed by atoms with van der Waals surface area (Å²) < 4.78 is 0. The van der Waals surface area contributed by atoms with Gasteiger partial charge in [-0.05, 0) is 30.2 Å². The first-order valence-electron chi connectivity index (χ1n) is 7.47. The summed E-state index contributed by atoms with van der Waals surface area (Å²) in [6, 6.07) is 8.63. The summed E-state index contributed by atoms with van der Waals surface area (Å²) in [5, 5.41) is 13.1. The van der Waals surface area contributed by atoms with Crippen LogP contribution in [0.5, 0.6) is 0 Å². The number of nitrogens with one attached hydrogen (secondary N) is 1. The summed E-state index contributed by atoms with van der Waals surface area (Å²) in [5.74, 6) is 0.702. The molecule has 0 radical (unpaired) electrons. The van der Waals surface area contributed by atoms with E-state index in [4.69, 9.17) is 0 Å². The molecule has 2 rings (SSSR count). The van der Waals surface area contributed by atoms with E-state index >= 15 is 0 Å². The van der Waals surface area contributed by atoms with Gasteiger partial charge in [0.1, 0.15) is 0 Å². The Morgan fingerprint density at radius 3 is 2.53 bits per heavy atom. The summed E-state index contributed by atoms with van der Waals surface area (Å²) in [6.45, 7) is 7.14. The first-order chi connectivity index (χ1) is 9.02. The van der Waals surface area contributed by atoms with Crippen molar-refractivity contribution in [3.8, 4) is 0 Å². The highest BCUT2D eigenvalue weighted by Gasteiger charge is 2.34. The van der Waals surface area contributed by atoms with E-state index in [2.05, 4.69) is 32.2 Å². The van der Waals surface area contributed by atoms with Crippen LogP contribution in [0.2, 0.25) is 0 Å². The third kappa shape index (κ3) is 3.50. The first-order valence-corrected chi connectivity index (χ1v) is 7.47. The van der Waals surface area contributed by atoms with Crippen LogP contribution >= 0.6 is 0 Å². The molecule has 2 unspecified atom stereocenters. The minimum atomic E-state index is 0.107. The van der Waals surface area contributed by atoms with Crippen LogP contribution in [0.1, 0.15) is 52.0 Å². The first kappa shape index (κ1) is 14.4. The van der Waals surface area contributed by atoms with E-state index in [1.165, 1.54) is 25.7 Å². The Morgan fingerprint density at radius 2 is 1.84 bits per heavy atom. The van der Waals surface area contributed by atoms with Gasteiger partial charge in [-0.25, -0.2) is 0 Å². The van der Waals surface area contributed by atoms with Crippen LogP contribution in [0.3, 0.4) is 0 Å². The number of para-hydroxylation sites is 1. The van der Waals surface area contributed by atoms with E-state index < -0.39 is 0 Å². The van der Waals surface area contributed by atoms with Crippen molar-refractivity contribution < 1.29 is 5.11 Å². The molecule has 1 aliphatic rings. The Labute approximate surface area is 117 Å². The number of aliphatic hydroxyl groups is 1. The van der Waals surface area contributed by atoms with E-state index in [1.54, 1.807) is 0 Å². The molecular weight excluding hydrogens is 234 g/mol. The van der Waals surface area contributed by atoms with E-state index in [0.717, 1.165) is 11.3 Å². The lowest BCUT2D eigenvalue weighted by Gasteiger charge is -2.41. The molecule has 1 saturated carbocycles. The molecular formula is C17H27NO. The van der Waals surface area contributed by atoms with E-state index in [1.807, 2.05) is 18.2 Å². The minimum Gasteiger partial charge on any atom is -0.392 e. The topological polar surface area (TPSA) is 32.3 Å². The predicted molar refractivity (Wildman–Crippen MR) is 81.2 cm³/mol. The van der Waals surface area contributed by atoms with Gasteiger partial charge in [-0.15, -0.1) is 0 Å². The van der Waals surface area contributed by atoms with Gasteiger partial charge in [0.2, 0.25) is 0 Å². The molecule has 1 aromatic rings. The zero-order valence-corrected chi connectivity index (χ0v) is 12.4. The third-order valence-electron chi connectivity index (χ3n) is 4.41. The van der Waals surface area contributed by atoms with Crippen LogP contribution in [0.15, 0.2) is 24.3 Å². The van der Waals surface area contributed by atoms with Gasteiger partial charge in [0.15, 0.2) is 0 Å². The zero-order valence-electron chi connectivity index (χ0n) is 12.4. The molecule has 0 spiro atoms. The molecule has 1 fully saturated rings. The fourth-order valence-electron chi connectivity index (χ4n) is 3.34. The standard InChI is InChI=1S/C17H27NO/c1-17(2,3)14-9-5-7-11-16(14)18-15-10-6-4-8-13(15)12-19/h4,6,8,10,14,16,18-19H,5,7,9,11-12H2,1-3H3. The van der Waals surface area contributed by atoms with E-state index in [-0.39, 0.29) is 6.61 Å². The Bertz CT molecular complexity index is 408. The second kappa shape index (κ2) is 5.96. The van der Waals surface area contributed by atoms with Crippen molar-refractivity contribution >= 4 is 5.69 Å². The van der Waals surface area contributed by atoms with Crippen molar-refractivity contribution in [1.82, 2.24) is 0 Å². The lowest BCUT2D eigenvalue weighted by molar-refractivity contribution is 0.162. The fourth-order valence-corrected chi connectivity index (χ4v) is 3.34. The number of hydrogen-bond donors (Lipinski definition) is 2. The highest BCUT2D eigenvalue weighted by atomic mass is 16.3. The van der Waals surface area contributed by atoms with Gasteiger partial charge in [-0.1, -0.05) is 51.8 Å². The van der Waals surface area contributed by atoms with Crippen LogP contribution in [0, 0.1) is 11.3 Å². The maximum absolute atomic E-state index is 9.43. The second-order valence-electron chi connectivity index (χ2n) is 6.82. The lowest BCUT2D eigenvalue weighted by Crippen LogP contribution is -2.40. The van der Waals surface area contributed by atoms with Crippen molar-refractivity contribution in [2.24, 2.45) is 11.3 Å². The van der Waals surface area contributed by atoms with Crippen molar-refractivity contribution in [3.63, 3.8) is 0 Å². The highest BCUT2D eigenvalue weighted by molar-refractivity contribution is 5.51. The Morgan fingerprint density at radius 1 is 1.16 bits per heavy atom. The molecule has 106 valence electrons. The number of anilines is 1. The van der Waals surface area contributed by atoms with Crippen LogP contribution in [-0.4, -0.2) is 11.1 Å². The normalized spacial score (nSPS) is 24.2. The molecule has 2 heteroatoms. The van der Waals surface area contributed by atoms with Gasteiger partial charge in [0.25, 0.3) is 0 Å². The molecule has 1 aliphatic carbocycles. The summed E-state index contributed by atoms with van der Waals surface area (Å²) >= 11 is 0. The Hall–Kier alpha value is -1.02. The van der Waals surface area contributed by atoms with Crippen LogP contribution < -0.4 is 5.32 Å². The smallest absolute Gasteiger partial charge is 0.0701 e. The number of rotatable bonds is 3. The van der Waals surface area contributed by atoms with Gasteiger partial charge in [-0.3, -0.25) is 0 Å². The molecule has 2 N–H and O–H groups in total.